The molecule has 1 aliphatic rings. The van der Waals surface area contributed by atoms with E-state index < -0.39 is 5.82 Å². The molecule has 2 heterocycles. The third kappa shape index (κ3) is 4.02. The molecular weight excluding hydrogens is 375 g/mol. The summed E-state index contributed by atoms with van der Waals surface area (Å²) in [4.78, 5) is 20.7. The number of rotatable bonds is 2. The van der Waals surface area contributed by atoms with Gasteiger partial charge in [-0.3, -0.25) is 4.79 Å². The number of carbonyl (C=O) groups is 1. The lowest BCUT2D eigenvalue weighted by atomic mass is 10.2. The van der Waals surface area contributed by atoms with Crippen LogP contribution in [0.1, 0.15) is 5.56 Å². The Labute approximate surface area is 166 Å². The Kier molecular flexibility index (Phi) is 5.31. The average molecular weight is 392 g/mol. The first-order valence-corrected chi connectivity index (χ1v) is 9.67. The highest BCUT2D eigenvalue weighted by atomic mass is 32.1. The molecule has 28 heavy (non-hydrogen) atoms. The molecule has 0 aliphatic carbocycles. The fourth-order valence-electron chi connectivity index (χ4n) is 2.91. The van der Waals surface area contributed by atoms with Crippen LogP contribution in [0.4, 0.5) is 9.52 Å². The Bertz CT molecular complexity index is 1030. The van der Waals surface area contributed by atoms with Crippen molar-refractivity contribution in [3.8, 4) is 23.2 Å². The summed E-state index contributed by atoms with van der Waals surface area (Å²) in [6, 6.07) is 16.0. The second-order valence-electron chi connectivity index (χ2n) is 6.28. The molecule has 2 aromatic carbocycles. The highest BCUT2D eigenvalue weighted by Crippen LogP contribution is 2.24. The van der Waals surface area contributed by atoms with Crippen molar-refractivity contribution in [2.24, 2.45) is 0 Å². The Hall–Kier alpha value is -3.24. The molecule has 0 bridgehead atoms. The van der Waals surface area contributed by atoms with Crippen molar-refractivity contribution in [1.29, 1.82) is 0 Å². The summed E-state index contributed by atoms with van der Waals surface area (Å²) < 4.78 is 18.0. The minimum Gasteiger partial charge on any atom is -0.343 e. The molecule has 140 valence electrons. The predicted octanol–water partition coefficient (Wildman–Crippen LogP) is 3.04. The largest absolute Gasteiger partial charge is 0.343 e. The van der Waals surface area contributed by atoms with Crippen LogP contribution < -0.4 is 4.90 Å². The van der Waals surface area contributed by atoms with Crippen LogP contribution >= 0.6 is 11.5 Å². The Balaban J connectivity index is 1.37. The number of benzene rings is 2. The predicted molar refractivity (Wildman–Crippen MR) is 107 cm³/mol. The summed E-state index contributed by atoms with van der Waals surface area (Å²) >= 11 is 1.36. The van der Waals surface area contributed by atoms with Crippen LogP contribution in [0.15, 0.2) is 54.6 Å². The smallest absolute Gasteiger partial charge is 0.298 e. The molecule has 4 rings (SSSR count). The van der Waals surface area contributed by atoms with E-state index in [-0.39, 0.29) is 11.5 Å². The van der Waals surface area contributed by atoms with Gasteiger partial charge in [-0.15, -0.1) is 0 Å². The maximum absolute atomic E-state index is 13.6. The van der Waals surface area contributed by atoms with E-state index in [0.29, 0.717) is 26.2 Å². The molecule has 1 aromatic heterocycles. The van der Waals surface area contributed by atoms with E-state index in [1.807, 2.05) is 30.3 Å². The van der Waals surface area contributed by atoms with Crippen molar-refractivity contribution >= 4 is 22.6 Å². The number of hydrogen-bond donors (Lipinski definition) is 0. The van der Waals surface area contributed by atoms with E-state index in [9.17, 15) is 9.18 Å². The van der Waals surface area contributed by atoms with Crippen LogP contribution in [0, 0.1) is 17.7 Å². The molecule has 7 heteroatoms. The zero-order valence-electron chi connectivity index (χ0n) is 15.0. The summed E-state index contributed by atoms with van der Waals surface area (Å²) in [5.74, 6) is 5.18. The average Bonchev–Trinajstić information content (AvgIpc) is 3.24. The van der Waals surface area contributed by atoms with E-state index >= 15 is 0 Å². The fourth-order valence-corrected chi connectivity index (χ4v) is 3.65. The summed E-state index contributed by atoms with van der Waals surface area (Å²) in [6.45, 7) is 2.42. The van der Waals surface area contributed by atoms with Gasteiger partial charge < -0.3 is 9.80 Å². The van der Waals surface area contributed by atoms with Crippen molar-refractivity contribution < 1.29 is 9.18 Å². The number of aromatic nitrogens is 2. The van der Waals surface area contributed by atoms with Crippen LogP contribution in [0.2, 0.25) is 0 Å². The van der Waals surface area contributed by atoms with Crippen LogP contribution in [0.3, 0.4) is 0 Å². The molecule has 5 nitrogen and oxygen atoms in total. The van der Waals surface area contributed by atoms with Crippen LogP contribution in [0.5, 0.6) is 0 Å². The van der Waals surface area contributed by atoms with Crippen molar-refractivity contribution in [3.63, 3.8) is 0 Å². The van der Waals surface area contributed by atoms with Gasteiger partial charge in [-0.05, 0) is 12.1 Å². The van der Waals surface area contributed by atoms with Gasteiger partial charge in [-0.25, -0.2) is 4.39 Å². The number of nitrogens with zero attached hydrogens (tertiary/aromatic N) is 4. The van der Waals surface area contributed by atoms with E-state index in [1.165, 1.54) is 17.6 Å². The third-order valence-electron chi connectivity index (χ3n) is 4.46. The van der Waals surface area contributed by atoms with Crippen molar-refractivity contribution in [2.75, 3.05) is 31.1 Å². The van der Waals surface area contributed by atoms with Gasteiger partial charge in [0.05, 0.1) is 5.56 Å². The quantitative estimate of drug-likeness (QED) is 0.629. The van der Waals surface area contributed by atoms with E-state index in [4.69, 9.17) is 0 Å². The summed E-state index contributed by atoms with van der Waals surface area (Å²) in [6.07, 6.45) is 0. The topological polar surface area (TPSA) is 49.3 Å². The van der Waals surface area contributed by atoms with Gasteiger partial charge in [-0.2, -0.15) is 9.36 Å². The molecule has 0 radical (unpaired) electrons. The lowest BCUT2D eigenvalue weighted by Gasteiger charge is -2.33. The van der Waals surface area contributed by atoms with E-state index in [2.05, 4.69) is 26.1 Å². The van der Waals surface area contributed by atoms with E-state index in [0.717, 1.165) is 16.5 Å². The van der Waals surface area contributed by atoms with Gasteiger partial charge in [0.1, 0.15) is 5.82 Å². The van der Waals surface area contributed by atoms with Crippen LogP contribution in [-0.4, -0.2) is 46.3 Å². The number of carbonyl (C=O) groups excluding carboxylic acids is 1. The van der Waals surface area contributed by atoms with Crippen LogP contribution in [0.25, 0.3) is 11.4 Å². The molecular formula is C21H17FN4OS. The van der Waals surface area contributed by atoms with Crippen molar-refractivity contribution in [2.45, 2.75) is 0 Å². The molecule has 0 unspecified atom stereocenters. The number of hydrogen-bond acceptors (Lipinski definition) is 5. The molecule has 1 fully saturated rings. The minimum absolute atomic E-state index is 0.233. The number of amides is 1. The van der Waals surface area contributed by atoms with Gasteiger partial charge in [0.25, 0.3) is 5.91 Å². The first-order chi connectivity index (χ1) is 13.7. The normalized spacial score (nSPS) is 13.8. The van der Waals surface area contributed by atoms with Gasteiger partial charge in [0.15, 0.2) is 5.82 Å². The SMILES string of the molecule is O=C(C#Cc1ccccc1F)N1CCN(c2nc(-c3ccccc3)ns2)CC1. The molecule has 0 spiro atoms. The molecule has 1 amide bonds. The zero-order chi connectivity index (χ0) is 19.3. The summed E-state index contributed by atoms with van der Waals surface area (Å²) in [5, 5.41) is 0.850. The maximum Gasteiger partial charge on any atom is 0.298 e. The molecule has 0 saturated carbocycles. The van der Waals surface area contributed by atoms with Gasteiger partial charge in [0, 0.05) is 49.2 Å². The van der Waals surface area contributed by atoms with Gasteiger partial charge >= 0.3 is 0 Å². The van der Waals surface area contributed by atoms with Crippen LogP contribution in [-0.2, 0) is 4.79 Å². The second-order valence-corrected chi connectivity index (χ2v) is 7.01. The molecule has 1 aliphatic heterocycles. The van der Waals surface area contributed by atoms with Gasteiger partial charge in [0.2, 0.25) is 5.13 Å². The Morgan fingerprint density at radius 1 is 1.00 bits per heavy atom. The molecule has 1 saturated heterocycles. The second kappa shape index (κ2) is 8.19. The highest BCUT2D eigenvalue weighted by molar-refractivity contribution is 7.09. The number of anilines is 1. The fraction of sp³-hybridized carbons (Fsp3) is 0.190. The molecule has 0 atom stereocenters. The third-order valence-corrected chi connectivity index (χ3v) is 5.24. The Morgan fingerprint density at radius 2 is 1.71 bits per heavy atom. The highest BCUT2D eigenvalue weighted by Gasteiger charge is 2.22. The first kappa shape index (κ1) is 18.1. The molecule has 3 aromatic rings. The zero-order valence-corrected chi connectivity index (χ0v) is 15.8. The summed E-state index contributed by atoms with van der Waals surface area (Å²) in [7, 11) is 0. The van der Waals surface area contributed by atoms with Crippen molar-refractivity contribution in [1.82, 2.24) is 14.3 Å². The minimum atomic E-state index is -0.418. The lowest BCUT2D eigenvalue weighted by Crippen LogP contribution is -2.48. The maximum atomic E-state index is 13.6. The monoisotopic (exact) mass is 392 g/mol. The Morgan fingerprint density at radius 3 is 2.46 bits per heavy atom. The lowest BCUT2D eigenvalue weighted by molar-refractivity contribution is -0.125. The van der Waals surface area contributed by atoms with Crippen molar-refractivity contribution in [3.05, 3.63) is 66.0 Å². The number of piperazine rings is 1. The van der Waals surface area contributed by atoms with Gasteiger partial charge in [-0.1, -0.05) is 48.4 Å². The first-order valence-electron chi connectivity index (χ1n) is 8.90. The standard InChI is InChI=1S/C21H17FN4OS/c22-18-9-5-4-6-16(18)10-11-19(27)25-12-14-26(15-13-25)21-23-20(24-28-21)17-7-2-1-3-8-17/h1-9H,12-15H2. The number of halogens is 1. The molecule has 0 N–H and O–H groups in total. The summed E-state index contributed by atoms with van der Waals surface area (Å²) in [5.41, 5.74) is 1.22. The van der Waals surface area contributed by atoms with E-state index in [1.54, 1.807) is 23.1 Å².